The van der Waals surface area contributed by atoms with Gasteiger partial charge in [-0.15, -0.1) is 0 Å². The zero-order valence-electron chi connectivity index (χ0n) is 22.7. The van der Waals surface area contributed by atoms with Crippen molar-refractivity contribution in [3.8, 4) is 5.75 Å². The van der Waals surface area contributed by atoms with Crippen molar-refractivity contribution in [2.45, 2.75) is 51.2 Å². The zero-order chi connectivity index (χ0) is 27.9. The fourth-order valence-corrected chi connectivity index (χ4v) is 6.10. The lowest BCUT2D eigenvalue weighted by molar-refractivity contribution is 0.0775. The molecule has 38 heavy (non-hydrogen) atoms. The molecule has 0 aliphatic heterocycles. The van der Waals surface area contributed by atoms with Crippen LogP contribution in [-0.4, -0.2) is 56.1 Å². The molecule has 0 aliphatic carbocycles. The number of ether oxygens (including phenoxy) is 1. The molecule has 3 rings (SSSR count). The highest BCUT2D eigenvalue weighted by atomic mass is 32.2. The molecule has 3 aromatic rings. The first-order valence-corrected chi connectivity index (χ1v) is 14.2. The monoisotopic (exact) mass is 538 g/mol. The molecule has 7 nitrogen and oxygen atoms in total. The summed E-state index contributed by atoms with van der Waals surface area (Å²) in [5.74, 6) is 0.275. The summed E-state index contributed by atoms with van der Waals surface area (Å²) in [6.07, 6.45) is -0.813. The highest BCUT2D eigenvalue weighted by Crippen LogP contribution is 2.22. The average molecular weight is 539 g/mol. The van der Waals surface area contributed by atoms with Crippen LogP contribution in [0.3, 0.4) is 0 Å². The molecule has 0 saturated carbocycles. The number of rotatable bonds is 12. The van der Waals surface area contributed by atoms with Crippen molar-refractivity contribution >= 4 is 15.9 Å². The van der Waals surface area contributed by atoms with Crippen LogP contribution in [-0.2, 0) is 16.4 Å². The predicted octanol–water partition coefficient (Wildman–Crippen LogP) is 4.36. The fourth-order valence-electron chi connectivity index (χ4n) is 4.48. The van der Waals surface area contributed by atoms with Crippen LogP contribution >= 0.6 is 0 Å². The number of benzene rings is 3. The van der Waals surface area contributed by atoms with Gasteiger partial charge in [-0.25, -0.2) is 8.42 Å². The smallest absolute Gasteiger partial charge is 0.252 e. The summed E-state index contributed by atoms with van der Waals surface area (Å²) in [6, 6.07) is 20.6. The van der Waals surface area contributed by atoms with E-state index in [9.17, 15) is 18.3 Å². The quantitative estimate of drug-likeness (QED) is 0.357. The van der Waals surface area contributed by atoms with Gasteiger partial charge in [-0.05, 0) is 67.1 Å². The lowest BCUT2D eigenvalue weighted by Gasteiger charge is -2.31. The molecule has 0 radical (unpaired) electrons. The number of carbonyl (C=O) groups excluding carboxylic acids is 1. The van der Waals surface area contributed by atoms with Gasteiger partial charge in [0, 0.05) is 18.7 Å². The molecular formula is C30H38N2O5S. The molecule has 8 heteroatoms. The molecule has 0 aliphatic rings. The number of nitrogens with zero attached hydrogens (tertiary/aromatic N) is 1. The number of amides is 1. The SMILES string of the molecule is COc1ccc(S(=O)(=O)N(CC(C)C)CC(O)C(Cc2ccccc2)NC(=O)c2c(C)cccc2C)cc1. The Morgan fingerprint density at radius 3 is 2.08 bits per heavy atom. The topological polar surface area (TPSA) is 95.9 Å². The molecule has 3 aromatic carbocycles. The van der Waals surface area contributed by atoms with Gasteiger partial charge in [-0.3, -0.25) is 4.79 Å². The lowest BCUT2D eigenvalue weighted by Crippen LogP contribution is -2.51. The summed E-state index contributed by atoms with van der Waals surface area (Å²) < 4.78 is 33.7. The summed E-state index contributed by atoms with van der Waals surface area (Å²) in [5.41, 5.74) is 3.15. The van der Waals surface area contributed by atoms with E-state index < -0.39 is 22.2 Å². The number of methoxy groups -OCH3 is 1. The van der Waals surface area contributed by atoms with Gasteiger partial charge in [-0.2, -0.15) is 4.31 Å². The van der Waals surface area contributed by atoms with Gasteiger partial charge in [0.2, 0.25) is 10.0 Å². The average Bonchev–Trinajstić information content (AvgIpc) is 2.88. The van der Waals surface area contributed by atoms with Crippen molar-refractivity contribution in [1.29, 1.82) is 0 Å². The van der Waals surface area contributed by atoms with Crippen LogP contribution in [0.4, 0.5) is 0 Å². The Kier molecular flexibility index (Phi) is 10.1. The van der Waals surface area contributed by atoms with Crippen molar-refractivity contribution in [3.63, 3.8) is 0 Å². The van der Waals surface area contributed by atoms with Crippen molar-refractivity contribution in [2.24, 2.45) is 5.92 Å². The van der Waals surface area contributed by atoms with E-state index in [0.29, 0.717) is 17.7 Å². The third kappa shape index (κ3) is 7.43. The van der Waals surface area contributed by atoms with Crippen molar-refractivity contribution < 1.29 is 23.1 Å². The second-order valence-corrected chi connectivity index (χ2v) is 11.9. The molecular weight excluding hydrogens is 500 g/mol. The number of aryl methyl sites for hydroxylation is 2. The molecule has 0 bridgehead atoms. The van der Waals surface area contributed by atoms with E-state index in [1.54, 1.807) is 12.1 Å². The summed E-state index contributed by atoms with van der Waals surface area (Å²) in [7, 11) is -2.39. The van der Waals surface area contributed by atoms with Crippen LogP contribution in [0, 0.1) is 19.8 Å². The van der Waals surface area contributed by atoms with Crippen LogP contribution in [0.25, 0.3) is 0 Å². The van der Waals surface area contributed by atoms with Crippen molar-refractivity contribution in [3.05, 3.63) is 95.1 Å². The van der Waals surface area contributed by atoms with Gasteiger partial charge in [-0.1, -0.05) is 62.4 Å². The number of sulfonamides is 1. The highest BCUT2D eigenvalue weighted by molar-refractivity contribution is 7.89. The highest BCUT2D eigenvalue weighted by Gasteiger charge is 2.31. The standard InChI is InChI=1S/C30H38N2O5S/c1-21(2)19-32(38(35,36)26-16-14-25(37-5)15-17-26)20-28(33)27(18-24-12-7-6-8-13-24)31-30(34)29-22(3)10-9-11-23(29)4/h6-17,21,27-28,33H,18-20H2,1-5H3,(H,31,34). The van der Waals surface area contributed by atoms with E-state index in [1.165, 1.54) is 23.5 Å². The first-order valence-electron chi connectivity index (χ1n) is 12.8. The number of nitrogens with one attached hydrogen (secondary N) is 1. The Hall–Kier alpha value is -3.20. The number of carbonyl (C=O) groups is 1. The molecule has 0 spiro atoms. The van der Waals surface area contributed by atoms with E-state index in [-0.39, 0.29) is 29.8 Å². The number of hydrogen-bond donors (Lipinski definition) is 2. The Balaban J connectivity index is 1.91. The Morgan fingerprint density at radius 1 is 0.921 bits per heavy atom. The molecule has 2 unspecified atom stereocenters. The third-order valence-electron chi connectivity index (χ3n) is 6.44. The first-order chi connectivity index (χ1) is 18.0. The van der Waals surface area contributed by atoms with Crippen LogP contribution in [0.5, 0.6) is 5.75 Å². The van der Waals surface area contributed by atoms with Crippen LogP contribution in [0.1, 0.15) is 40.9 Å². The van der Waals surface area contributed by atoms with Gasteiger partial charge in [0.05, 0.1) is 24.2 Å². The third-order valence-corrected chi connectivity index (χ3v) is 8.29. The molecule has 2 N–H and O–H groups in total. The number of hydrogen-bond acceptors (Lipinski definition) is 5. The Bertz CT molecular complexity index is 1290. The molecule has 204 valence electrons. The lowest BCUT2D eigenvalue weighted by atomic mass is 9.98. The molecule has 1 amide bonds. The largest absolute Gasteiger partial charge is 0.497 e. The minimum absolute atomic E-state index is 0.0204. The van der Waals surface area contributed by atoms with Crippen LogP contribution < -0.4 is 10.1 Å². The normalized spacial score (nSPS) is 13.4. The maximum atomic E-state index is 13.6. The van der Waals surface area contributed by atoms with Crippen LogP contribution in [0.15, 0.2) is 77.7 Å². The maximum Gasteiger partial charge on any atom is 0.252 e. The van der Waals surface area contributed by atoms with E-state index in [0.717, 1.165) is 16.7 Å². The van der Waals surface area contributed by atoms with Gasteiger partial charge in [0.25, 0.3) is 5.91 Å². The Labute approximate surface area is 226 Å². The van der Waals surface area contributed by atoms with E-state index in [1.807, 2.05) is 76.2 Å². The minimum atomic E-state index is -3.91. The Morgan fingerprint density at radius 2 is 1.53 bits per heavy atom. The first kappa shape index (κ1) is 29.4. The van der Waals surface area contributed by atoms with Gasteiger partial charge < -0.3 is 15.2 Å². The maximum absolute atomic E-state index is 13.6. The van der Waals surface area contributed by atoms with Gasteiger partial charge >= 0.3 is 0 Å². The summed E-state index contributed by atoms with van der Waals surface area (Å²) in [6.45, 7) is 7.64. The van der Waals surface area contributed by atoms with E-state index in [4.69, 9.17) is 4.74 Å². The summed E-state index contributed by atoms with van der Waals surface area (Å²) >= 11 is 0. The second kappa shape index (κ2) is 13.0. The van der Waals surface area contributed by atoms with Gasteiger partial charge in [0.1, 0.15) is 5.75 Å². The molecule has 0 fully saturated rings. The molecule has 0 aromatic heterocycles. The second-order valence-electron chi connectivity index (χ2n) is 10.00. The van der Waals surface area contributed by atoms with Crippen molar-refractivity contribution in [2.75, 3.05) is 20.2 Å². The molecule has 0 saturated heterocycles. The minimum Gasteiger partial charge on any atom is -0.497 e. The van der Waals surface area contributed by atoms with Crippen LogP contribution in [0.2, 0.25) is 0 Å². The van der Waals surface area contributed by atoms with Gasteiger partial charge in [0.15, 0.2) is 0 Å². The summed E-state index contributed by atoms with van der Waals surface area (Å²) in [4.78, 5) is 13.5. The number of aliphatic hydroxyl groups is 1. The molecule has 2 atom stereocenters. The number of aliphatic hydroxyl groups excluding tert-OH is 1. The fraction of sp³-hybridized carbons (Fsp3) is 0.367. The zero-order valence-corrected chi connectivity index (χ0v) is 23.5. The summed E-state index contributed by atoms with van der Waals surface area (Å²) in [5, 5.41) is 14.4. The van der Waals surface area contributed by atoms with E-state index in [2.05, 4.69) is 5.32 Å². The van der Waals surface area contributed by atoms with E-state index >= 15 is 0 Å². The van der Waals surface area contributed by atoms with Crippen molar-refractivity contribution in [1.82, 2.24) is 9.62 Å². The molecule has 0 heterocycles. The predicted molar refractivity (Wildman–Crippen MR) is 150 cm³/mol.